The van der Waals surface area contributed by atoms with Gasteiger partial charge in [0.15, 0.2) is 12.7 Å². The molecule has 3 rings (SSSR count). The number of carbonyl (C=O) groups is 5. The number of nitrogens with one attached hydrogen (secondary N) is 1. The van der Waals surface area contributed by atoms with Crippen molar-refractivity contribution in [3.63, 3.8) is 0 Å². The van der Waals surface area contributed by atoms with E-state index in [2.05, 4.69) is 5.32 Å². The Hall–Kier alpha value is -5.19. The topological polar surface area (TPSA) is 159 Å². The number of benzene rings is 3. The summed E-state index contributed by atoms with van der Waals surface area (Å²) in [6.45, 7) is 0.924. The molecule has 3 aromatic carbocycles. The number of nitrogens with zero attached hydrogens (tertiary/aromatic N) is 1. The lowest BCUT2D eigenvalue weighted by molar-refractivity contribution is -0.384. The van der Waals surface area contributed by atoms with E-state index in [0.29, 0.717) is 11.3 Å². The van der Waals surface area contributed by atoms with Crippen molar-refractivity contribution in [3.05, 3.63) is 106 Å². The highest BCUT2D eigenvalue weighted by atomic mass is 16.6. The molecular weight excluding hydrogens is 520 g/mol. The third kappa shape index (κ3) is 8.69. The maximum Gasteiger partial charge on any atom is 0.338 e. The number of nitro benzene ring substituents is 1. The van der Waals surface area contributed by atoms with Gasteiger partial charge in [0, 0.05) is 41.8 Å². The second kappa shape index (κ2) is 14.1. The van der Waals surface area contributed by atoms with Gasteiger partial charge in [0.05, 0.1) is 10.5 Å². The summed E-state index contributed by atoms with van der Waals surface area (Å²) in [5.41, 5.74) is 0.856. The van der Waals surface area contributed by atoms with Gasteiger partial charge >= 0.3 is 11.9 Å². The summed E-state index contributed by atoms with van der Waals surface area (Å²) < 4.78 is 10.2. The molecule has 1 atom stereocenters. The zero-order valence-corrected chi connectivity index (χ0v) is 21.5. The Bertz CT molecular complexity index is 1400. The fraction of sp³-hybridized carbons (Fsp3) is 0.207. The van der Waals surface area contributed by atoms with Gasteiger partial charge < -0.3 is 14.8 Å². The van der Waals surface area contributed by atoms with Crippen molar-refractivity contribution >= 4 is 40.8 Å². The van der Waals surface area contributed by atoms with Gasteiger partial charge in [-0.15, -0.1) is 0 Å². The molecule has 0 spiro atoms. The monoisotopic (exact) mass is 546 g/mol. The number of ether oxygens (including phenoxy) is 2. The third-order valence-corrected chi connectivity index (χ3v) is 5.64. The number of hydrogen-bond acceptors (Lipinski definition) is 9. The van der Waals surface area contributed by atoms with Gasteiger partial charge in [-0.3, -0.25) is 29.3 Å². The van der Waals surface area contributed by atoms with Crippen LogP contribution in [0.1, 0.15) is 57.3 Å². The van der Waals surface area contributed by atoms with Gasteiger partial charge in [0.25, 0.3) is 5.69 Å². The molecule has 1 amide bonds. The molecule has 11 heteroatoms. The molecule has 0 aliphatic carbocycles. The van der Waals surface area contributed by atoms with E-state index in [0.717, 1.165) is 6.07 Å². The minimum absolute atomic E-state index is 0.00314. The lowest BCUT2D eigenvalue weighted by atomic mass is 10.1. The van der Waals surface area contributed by atoms with Crippen molar-refractivity contribution in [1.29, 1.82) is 0 Å². The summed E-state index contributed by atoms with van der Waals surface area (Å²) in [7, 11) is 0. The fourth-order valence-corrected chi connectivity index (χ4v) is 3.52. The lowest BCUT2D eigenvalue weighted by Gasteiger charge is -2.12. The highest BCUT2D eigenvalue weighted by Gasteiger charge is 2.20. The van der Waals surface area contributed by atoms with E-state index in [1.54, 1.807) is 30.3 Å². The molecule has 40 heavy (non-hydrogen) atoms. The molecule has 3 aromatic rings. The van der Waals surface area contributed by atoms with Crippen LogP contribution in [0.15, 0.2) is 78.9 Å². The predicted molar refractivity (Wildman–Crippen MR) is 143 cm³/mol. The van der Waals surface area contributed by atoms with Crippen molar-refractivity contribution in [2.75, 3.05) is 11.9 Å². The molecule has 0 aliphatic rings. The number of rotatable bonds is 13. The Morgan fingerprint density at radius 2 is 1.52 bits per heavy atom. The minimum Gasteiger partial charge on any atom is -0.457 e. The molecule has 0 fully saturated rings. The average Bonchev–Trinajstić information content (AvgIpc) is 2.96. The normalized spacial score (nSPS) is 11.1. The van der Waals surface area contributed by atoms with Crippen LogP contribution in [0.4, 0.5) is 11.4 Å². The first kappa shape index (κ1) is 29.4. The fourth-order valence-electron chi connectivity index (χ4n) is 3.52. The number of non-ortho nitro benzene ring substituents is 1. The summed E-state index contributed by atoms with van der Waals surface area (Å²) in [5.74, 6) is -2.65. The van der Waals surface area contributed by atoms with Crippen molar-refractivity contribution in [1.82, 2.24) is 0 Å². The first-order valence-electron chi connectivity index (χ1n) is 12.3. The maximum absolute atomic E-state index is 12.4. The number of amides is 1. The van der Waals surface area contributed by atoms with Gasteiger partial charge in [-0.1, -0.05) is 42.5 Å². The van der Waals surface area contributed by atoms with E-state index in [-0.39, 0.29) is 47.8 Å². The molecule has 0 radical (unpaired) electrons. The highest BCUT2D eigenvalue weighted by Crippen LogP contribution is 2.15. The summed E-state index contributed by atoms with van der Waals surface area (Å²) in [4.78, 5) is 71.2. The van der Waals surface area contributed by atoms with E-state index < -0.39 is 35.4 Å². The summed E-state index contributed by atoms with van der Waals surface area (Å²) >= 11 is 0. The van der Waals surface area contributed by atoms with Gasteiger partial charge in [-0.05, 0) is 37.6 Å². The van der Waals surface area contributed by atoms with Crippen molar-refractivity contribution < 1.29 is 38.4 Å². The Kier molecular flexibility index (Phi) is 10.4. The van der Waals surface area contributed by atoms with Crippen LogP contribution in [0.5, 0.6) is 0 Å². The zero-order chi connectivity index (χ0) is 29.1. The third-order valence-electron chi connectivity index (χ3n) is 5.64. The quantitative estimate of drug-likeness (QED) is 0.140. The molecule has 0 unspecified atom stereocenters. The van der Waals surface area contributed by atoms with Crippen LogP contribution in [0.2, 0.25) is 0 Å². The van der Waals surface area contributed by atoms with Crippen LogP contribution in [0.3, 0.4) is 0 Å². The van der Waals surface area contributed by atoms with Gasteiger partial charge in [-0.25, -0.2) is 4.79 Å². The number of nitro groups is 1. The number of hydrogen-bond donors (Lipinski definition) is 1. The van der Waals surface area contributed by atoms with E-state index in [4.69, 9.17) is 9.47 Å². The number of ketones is 2. The standard InChI is InChI=1S/C29H26N2O9/c1-19(28(35)20-7-3-2-4-8-20)40-29(36)21-13-15-23(16-14-21)30-26(33)11-6-12-27(34)39-18-25(32)22-9-5-10-24(17-22)31(37)38/h2-5,7-10,13-17,19H,6,11-12,18H2,1H3,(H,30,33)/t19-/m0/s1. The first-order valence-corrected chi connectivity index (χ1v) is 12.3. The number of esters is 2. The molecule has 0 saturated carbocycles. The van der Waals surface area contributed by atoms with E-state index in [9.17, 15) is 34.1 Å². The summed E-state index contributed by atoms with van der Waals surface area (Å²) in [6.07, 6.45) is -0.927. The van der Waals surface area contributed by atoms with Crippen molar-refractivity contribution in [3.8, 4) is 0 Å². The smallest absolute Gasteiger partial charge is 0.338 e. The number of anilines is 1. The molecule has 0 aliphatic heterocycles. The van der Waals surface area contributed by atoms with Crippen LogP contribution in [0, 0.1) is 10.1 Å². The van der Waals surface area contributed by atoms with Crippen molar-refractivity contribution in [2.24, 2.45) is 0 Å². The predicted octanol–water partition coefficient (Wildman–Crippen LogP) is 4.56. The highest BCUT2D eigenvalue weighted by molar-refractivity contribution is 6.01. The zero-order valence-electron chi connectivity index (χ0n) is 21.5. The molecule has 0 saturated heterocycles. The van der Waals surface area contributed by atoms with Gasteiger partial charge in [0.2, 0.25) is 17.5 Å². The van der Waals surface area contributed by atoms with Gasteiger partial charge in [0.1, 0.15) is 0 Å². The Balaban J connectivity index is 1.38. The summed E-state index contributed by atoms with van der Waals surface area (Å²) in [6, 6.07) is 19.5. The molecule has 11 nitrogen and oxygen atoms in total. The second-order valence-corrected chi connectivity index (χ2v) is 8.65. The number of Topliss-reactive ketones (excluding diaryl/α,β-unsaturated/α-hetero) is 2. The Morgan fingerprint density at radius 3 is 2.20 bits per heavy atom. The minimum atomic E-state index is -0.973. The summed E-state index contributed by atoms with van der Waals surface area (Å²) in [5, 5.41) is 13.5. The first-order chi connectivity index (χ1) is 19.1. The van der Waals surface area contributed by atoms with E-state index in [1.165, 1.54) is 49.4 Å². The van der Waals surface area contributed by atoms with Crippen LogP contribution in [-0.2, 0) is 19.1 Å². The van der Waals surface area contributed by atoms with Crippen LogP contribution < -0.4 is 5.32 Å². The Morgan fingerprint density at radius 1 is 0.850 bits per heavy atom. The van der Waals surface area contributed by atoms with Crippen LogP contribution >= 0.6 is 0 Å². The maximum atomic E-state index is 12.4. The molecule has 0 heterocycles. The number of carbonyl (C=O) groups excluding carboxylic acids is 5. The average molecular weight is 547 g/mol. The largest absolute Gasteiger partial charge is 0.457 e. The van der Waals surface area contributed by atoms with Crippen LogP contribution in [0.25, 0.3) is 0 Å². The van der Waals surface area contributed by atoms with Crippen LogP contribution in [-0.4, -0.2) is 47.0 Å². The molecule has 0 bridgehead atoms. The molecule has 0 aromatic heterocycles. The lowest BCUT2D eigenvalue weighted by Crippen LogP contribution is -2.24. The molecular formula is C29H26N2O9. The molecule has 1 N–H and O–H groups in total. The Labute approximate surface area is 229 Å². The SMILES string of the molecule is C[C@H](OC(=O)c1ccc(NC(=O)CCCC(=O)OCC(=O)c2cccc([N+](=O)[O-])c2)cc1)C(=O)c1ccccc1. The van der Waals surface area contributed by atoms with Gasteiger partial charge in [-0.2, -0.15) is 0 Å². The second-order valence-electron chi connectivity index (χ2n) is 8.65. The van der Waals surface area contributed by atoms with E-state index >= 15 is 0 Å². The molecule has 206 valence electrons. The van der Waals surface area contributed by atoms with E-state index in [1.807, 2.05) is 0 Å². The van der Waals surface area contributed by atoms with Crippen molar-refractivity contribution in [2.45, 2.75) is 32.3 Å².